The van der Waals surface area contributed by atoms with Gasteiger partial charge in [-0.1, -0.05) is 0 Å². The second-order valence-corrected chi connectivity index (χ2v) is 6.11. The van der Waals surface area contributed by atoms with Crippen molar-refractivity contribution in [1.82, 2.24) is 24.5 Å². The van der Waals surface area contributed by atoms with Crippen molar-refractivity contribution in [3.63, 3.8) is 0 Å². The Balaban J connectivity index is 1.70. The van der Waals surface area contributed by atoms with Gasteiger partial charge in [0.1, 0.15) is 12.2 Å². The van der Waals surface area contributed by atoms with Gasteiger partial charge in [0.05, 0.1) is 12.2 Å². The highest BCUT2D eigenvalue weighted by molar-refractivity contribution is 5.75. The summed E-state index contributed by atoms with van der Waals surface area (Å²) in [4.78, 5) is 14.0. The number of aryl methyl sites for hydroxylation is 1. The summed E-state index contributed by atoms with van der Waals surface area (Å²) in [5, 5.41) is 8.10. The van der Waals surface area contributed by atoms with Crippen LogP contribution in [0, 0.1) is 0 Å². The molecule has 6 nitrogen and oxygen atoms in total. The first-order valence-electron chi connectivity index (χ1n) is 8.10. The first kappa shape index (κ1) is 16.6. The van der Waals surface area contributed by atoms with E-state index in [4.69, 9.17) is 0 Å². The quantitative estimate of drug-likeness (QED) is 0.780. The summed E-state index contributed by atoms with van der Waals surface area (Å²) < 4.78 is 29.1. The van der Waals surface area contributed by atoms with Crippen molar-refractivity contribution in [2.45, 2.75) is 51.7 Å². The Kier molecular flexibility index (Phi) is 4.64. The van der Waals surface area contributed by atoms with E-state index >= 15 is 0 Å². The van der Waals surface area contributed by atoms with Crippen LogP contribution in [0.2, 0.25) is 0 Å². The number of nitrogens with zero attached hydrogens (tertiary/aromatic N) is 5. The first-order chi connectivity index (χ1) is 11.5. The molecule has 0 aliphatic heterocycles. The van der Waals surface area contributed by atoms with Crippen LogP contribution in [0.3, 0.4) is 0 Å². The maximum atomic E-state index is 12.9. The van der Waals surface area contributed by atoms with Crippen molar-refractivity contribution in [3.8, 4) is 0 Å². The maximum Gasteiger partial charge on any atom is 0.282 e. The van der Waals surface area contributed by atoms with Crippen LogP contribution in [0.15, 0.2) is 18.3 Å². The topological polar surface area (TPSA) is 56.0 Å². The molecule has 0 spiro atoms. The van der Waals surface area contributed by atoms with Gasteiger partial charge in [-0.15, -0.1) is 0 Å². The number of alkyl halides is 2. The third-order valence-corrected chi connectivity index (χ3v) is 4.26. The predicted molar refractivity (Wildman–Crippen MR) is 83.5 cm³/mol. The van der Waals surface area contributed by atoms with Crippen LogP contribution in [0.1, 0.15) is 49.2 Å². The molecule has 0 radical (unpaired) electrons. The van der Waals surface area contributed by atoms with E-state index in [1.54, 1.807) is 18.1 Å². The van der Waals surface area contributed by atoms with Crippen molar-refractivity contribution < 1.29 is 13.6 Å². The normalized spacial score (nSPS) is 14.4. The van der Waals surface area contributed by atoms with E-state index in [9.17, 15) is 13.6 Å². The smallest absolute Gasteiger partial charge is 0.282 e. The molecule has 3 rings (SSSR count). The molecule has 1 aliphatic carbocycles. The molecule has 130 valence electrons. The van der Waals surface area contributed by atoms with Crippen LogP contribution >= 0.6 is 0 Å². The van der Waals surface area contributed by atoms with Crippen LogP contribution < -0.4 is 0 Å². The molecule has 24 heavy (non-hydrogen) atoms. The van der Waals surface area contributed by atoms with Gasteiger partial charge in [0.2, 0.25) is 5.91 Å². The molecule has 8 heteroatoms. The van der Waals surface area contributed by atoms with Crippen molar-refractivity contribution >= 4 is 5.91 Å². The molecule has 2 heterocycles. The van der Waals surface area contributed by atoms with E-state index in [1.165, 1.54) is 10.7 Å². The molecule has 1 amide bonds. The summed E-state index contributed by atoms with van der Waals surface area (Å²) in [6, 6.07) is 3.30. The fraction of sp³-hybridized carbons (Fsp3) is 0.562. The van der Waals surface area contributed by atoms with Crippen LogP contribution in [-0.2, 0) is 24.4 Å². The van der Waals surface area contributed by atoms with Crippen molar-refractivity contribution in [2.24, 2.45) is 0 Å². The summed E-state index contributed by atoms with van der Waals surface area (Å²) in [7, 11) is 1.70. The Hall–Kier alpha value is -2.25. The SMILES string of the molecule is CCn1nccc1CN(C)C(=O)Cn1nc(C(F)F)cc1C1CC1. The number of aromatic nitrogens is 4. The Bertz CT molecular complexity index is 720. The molecular weight excluding hydrogens is 316 g/mol. The Morgan fingerprint density at radius 3 is 2.79 bits per heavy atom. The summed E-state index contributed by atoms with van der Waals surface area (Å²) >= 11 is 0. The van der Waals surface area contributed by atoms with Crippen molar-refractivity contribution in [2.75, 3.05) is 7.05 Å². The lowest BCUT2D eigenvalue weighted by molar-refractivity contribution is -0.131. The second kappa shape index (κ2) is 6.70. The number of amides is 1. The van der Waals surface area contributed by atoms with E-state index in [0.29, 0.717) is 6.54 Å². The number of hydrogen-bond acceptors (Lipinski definition) is 3. The van der Waals surface area contributed by atoms with Crippen LogP contribution in [0.4, 0.5) is 8.78 Å². The fourth-order valence-electron chi connectivity index (χ4n) is 2.75. The molecule has 0 unspecified atom stereocenters. The fourth-order valence-corrected chi connectivity index (χ4v) is 2.75. The van der Waals surface area contributed by atoms with Gasteiger partial charge in [0.25, 0.3) is 6.43 Å². The van der Waals surface area contributed by atoms with Crippen LogP contribution in [-0.4, -0.2) is 37.4 Å². The largest absolute Gasteiger partial charge is 0.338 e. The third-order valence-electron chi connectivity index (χ3n) is 4.26. The molecule has 2 aromatic rings. The zero-order valence-electron chi connectivity index (χ0n) is 13.8. The first-order valence-corrected chi connectivity index (χ1v) is 8.10. The lowest BCUT2D eigenvalue weighted by Gasteiger charge is -2.18. The van der Waals surface area contributed by atoms with Crippen LogP contribution in [0.5, 0.6) is 0 Å². The number of likely N-dealkylation sites (N-methyl/N-ethyl adjacent to an activating group) is 1. The molecule has 1 saturated carbocycles. The summed E-state index contributed by atoms with van der Waals surface area (Å²) in [5.74, 6) is 0.0919. The lowest BCUT2D eigenvalue weighted by atomic mass is 10.2. The average molecular weight is 337 g/mol. The molecule has 2 aromatic heterocycles. The zero-order valence-corrected chi connectivity index (χ0v) is 13.8. The minimum absolute atomic E-state index is 0.0185. The number of carbonyl (C=O) groups excluding carboxylic acids is 1. The van der Waals surface area contributed by atoms with E-state index in [0.717, 1.165) is 30.8 Å². The van der Waals surface area contributed by atoms with Crippen molar-refractivity contribution in [3.05, 3.63) is 35.4 Å². The molecule has 0 aromatic carbocycles. The highest BCUT2D eigenvalue weighted by Gasteiger charge is 2.30. The Morgan fingerprint density at radius 2 is 2.17 bits per heavy atom. The van der Waals surface area contributed by atoms with Gasteiger partial charge in [-0.3, -0.25) is 14.2 Å². The molecule has 0 N–H and O–H groups in total. The van der Waals surface area contributed by atoms with Gasteiger partial charge in [0, 0.05) is 31.4 Å². The molecule has 1 aliphatic rings. The van der Waals surface area contributed by atoms with Gasteiger partial charge in [-0.05, 0) is 31.9 Å². The van der Waals surface area contributed by atoms with Gasteiger partial charge in [0.15, 0.2) is 0 Å². The van der Waals surface area contributed by atoms with Crippen LogP contribution in [0.25, 0.3) is 0 Å². The highest BCUT2D eigenvalue weighted by atomic mass is 19.3. The van der Waals surface area contributed by atoms with E-state index < -0.39 is 6.43 Å². The van der Waals surface area contributed by atoms with Crippen molar-refractivity contribution in [1.29, 1.82) is 0 Å². The number of carbonyl (C=O) groups is 1. The number of rotatable bonds is 7. The average Bonchev–Trinajstić information content (AvgIpc) is 3.14. The second-order valence-electron chi connectivity index (χ2n) is 6.11. The summed E-state index contributed by atoms with van der Waals surface area (Å²) in [6.07, 6.45) is 1.02. The Morgan fingerprint density at radius 1 is 1.42 bits per heavy atom. The minimum atomic E-state index is -2.62. The molecular formula is C16H21F2N5O. The Labute approximate surface area is 139 Å². The minimum Gasteiger partial charge on any atom is -0.338 e. The van der Waals surface area contributed by atoms with E-state index in [2.05, 4.69) is 10.2 Å². The number of halogens is 2. The zero-order chi connectivity index (χ0) is 17.3. The molecule has 0 atom stereocenters. The molecule has 1 fully saturated rings. The van der Waals surface area contributed by atoms with E-state index in [-0.39, 0.29) is 24.1 Å². The van der Waals surface area contributed by atoms with Gasteiger partial charge in [-0.2, -0.15) is 10.2 Å². The molecule has 0 bridgehead atoms. The van der Waals surface area contributed by atoms with Gasteiger partial charge >= 0.3 is 0 Å². The van der Waals surface area contributed by atoms with E-state index in [1.807, 2.05) is 17.7 Å². The van der Waals surface area contributed by atoms with Gasteiger partial charge in [-0.25, -0.2) is 8.78 Å². The predicted octanol–water partition coefficient (Wildman–Crippen LogP) is 2.57. The number of hydrogen-bond donors (Lipinski definition) is 0. The lowest BCUT2D eigenvalue weighted by Crippen LogP contribution is -2.31. The van der Waals surface area contributed by atoms with Gasteiger partial charge < -0.3 is 4.90 Å². The third kappa shape index (κ3) is 3.47. The maximum absolute atomic E-state index is 12.9. The summed E-state index contributed by atoms with van der Waals surface area (Å²) in [6.45, 7) is 3.12. The highest BCUT2D eigenvalue weighted by Crippen LogP contribution is 2.41. The monoisotopic (exact) mass is 337 g/mol. The molecule has 0 saturated heterocycles. The standard InChI is InChI=1S/C16H21F2N5O/c1-3-22-12(6-7-19-22)9-21(2)15(24)10-23-14(11-4-5-11)8-13(20-23)16(17)18/h6-8,11,16H,3-5,9-10H2,1-2H3. The summed E-state index contributed by atoms with van der Waals surface area (Å²) in [5.41, 5.74) is 1.42.